The largest absolute Gasteiger partial charge is 0.0779 e. The molecule has 0 aromatic carbocycles. The first-order valence-corrected chi connectivity index (χ1v) is 2.79. The van der Waals surface area contributed by atoms with Crippen LogP contribution in [0.1, 0.15) is 19.8 Å². The van der Waals surface area contributed by atoms with Gasteiger partial charge in [-0.25, -0.2) is 0 Å². The van der Waals surface area contributed by atoms with E-state index in [9.17, 15) is 0 Å². The second-order valence-corrected chi connectivity index (χ2v) is 2.37. The Morgan fingerprint density at radius 3 is 2.17 bits per heavy atom. The molecule has 0 aromatic heterocycles. The zero-order valence-electron chi connectivity index (χ0n) is 3.73. The van der Waals surface area contributed by atoms with Crippen LogP contribution in [0.3, 0.4) is 0 Å². The van der Waals surface area contributed by atoms with Gasteiger partial charge in [0.1, 0.15) is 0 Å². The van der Waals surface area contributed by atoms with Gasteiger partial charge in [-0.1, -0.05) is 38.2 Å². The molecule has 0 fully saturated rings. The normalized spacial score (nSPS) is 8.17. The van der Waals surface area contributed by atoms with Crippen molar-refractivity contribution in [3.63, 3.8) is 0 Å². The van der Waals surface area contributed by atoms with Crippen LogP contribution < -0.4 is 0 Å². The Hall–Kier alpha value is 0.310. The topological polar surface area (TPSA) is 0 Å². The van der Waals surface area contributed by atoms with E-state index in [1.807, 2.05) is 0 Å². The third-order valence-electron chi connectivity index (χ3n) is 0.454. The molecule has 6 heavy (non-hydrogen) atoms. The van der Waals surface area contributed by atoms with Crippen molar-refractivity contribution >= 4 is 29.0 Å². The quantitative estimate of drug-likeness (QED) is 0.503. The number of rotatable bonds is 2. The number of thiocarbonyl (C=S) groups is 1. The van der Waals surface area contributed by atoms with Crippen molar-refractivity contribution < 1.29 is 0 Å². The van der Waals surface area contributed by atoms with E-state index >= 15 is 0 Å². The molecule has 0 saturated heterocycles. The van der Waals surface area contributed by atoms with Gasteiger partial charge in [0.2, 0.25) is 0 Å². The first-order valence-electron chi connectivity index (χ1n) is 1.97. The highest BCUT2D eigenvalue weighted by Crippen LogP contribution is 1.93. The van der Waals surface area contributed by atoms with Gasteiger partial charge in [-0.05, 0) is 6.42 Å². The van der Waals surface area contributed by atoms with Crippen LogP contribution >= 0.6 is 24.8 Å². The molecule has 0 N–H and O–H groups in total. The third-order valence-corrected chi connectivity index (χ3v) is 0.862. The van der Waals surface area contributed by atoms with Crippen LogP contribution in [-0.4, -0.2) is 4.20 Å². The molecule has 0 unspecified atom stereocenters. The van der Waals surface area contributed by atoms with Crippen molar-refractivity contribution in [3.8, 4) is 0 Å². The monoisotopic (exact) mass is 119 g/mol. The minimum atomic E-state index is 0.706. The van der Waals surface area contributed by atoms with Crippen LogP contribution in [0.25, 0.3) is 0 Å². The highest BCUT2D eigenvalue weighted by Gasteiger charge is 1.81. The van der Waals surface area contributed by atoms with Crippen LogP contribution in [-0.2, 0) is 0 Å². The van der Waals surface area contributed by atoms with Crippen molar-refractivity contribution in [1.29, 1.82) is 0 Å². The van der Waals surface area contributed by atoms with E-state index < -0.39 is 0 Å². The minimum Gasteiger partial charge on any atom is -0.0722 e. The number of hydrogen-bond donors (Lipinski definition) is 0. The van der Waals surface area contributed by atoms with Gasteiger partial charge in [0.15, 0.2) is 0 Å². The van der Waals surface area contributed by atoms with Gasteiger partial charge in [0, 0.05) is 0 Å². The second kappa shape index (κ2) is 3.50. The minimum absolute atomic E-state index is 0.706. The molecular formula is C4H7S2. The Balaban J connectivity index is 2.83. The van der Waals surface area contributed by atoms with Crippen molar-refractivity contribution in [2.24, 2.45) is 0 Å². The Bertz CT molecular complexity index is 49.5. The van der Waals surface area contributed by atoms with Gasteiger partial charge in [-0.2, -0.15) is 0 Å². The predicted molar refractivity (Wildman–Crippen MR) is 35.1 cm³/mol. The Morgan fingerprint density at radius 1 is 1.67 bits per heavy atom. The molecule has 0 aliphatic rings. The van der Waals surface area contributed by atoms with Crippen LogP contribution in [0, 0.1) is 0 Å². The lowest BCUT2D eigenvalue weighted by Gasteiger charge is -1.81. The summed E-state index contributed by atoms with van der Waals surface area (Å²) >= 11 is 9.22. The molecule has 0 amide bonds. The zero-order valence-corrected chi connectivity index (χ0v) is 5.36. The molecule has 0 bridgehead atoms. The summed E-state index contributed by atoms with van der Waals surface area (Å²) in [6.45, 7) is 2.07. The fraction of sp³-hybridized carbons (Fsp3) is 0.750. The maximum absolute atomic E-state index is 4.61. The van der Waals surface area contributed by atoms with Crippen molar-refractivity contribution in [2.45, 2.75) is 19.8 Å². The van der Waals surface area contributed by atoms with Crippen molar-refractivity contribution in [2.75, 3.05) is 0 Å². The van der Waals surface area contributed by atoms with E-state index in [1.165, 1.54) is 0 Å². The average molecular weight is 119 g/mol. The van der Waals surface area contributed by atoms with E-state index in [-0.39, 0.29) is 0 Å². The van der Waals surface area contributed by atoms with Gasteiger partial charge < -0.3 is 0 Å². The van der Waals surface area contributed by atoms with Gasteiger partial charge in [0.25, 0.3) is 0 Å². The molecule has 35 valence electrons. The third kappa shape index (κ3) is 4.31. The molecule has 0 saturated carbocycles. The van der Waals surface area contributed by atoms with Crippen molar-refractivity contribution in [3.05, 3.63) is 0 Å². The van der Waals surface area contributed by atoms with Gasteiger partial charge in [-0.3, -0.25) is 0 Å². The van der Waals surface area contributed by atoms with Gasteiger partial charge in [0.05, 0.1) is 4.20 Å². The molecule has 0 heterocycles. The summed E-state index contributed by atoms with van der Waals surface area (Å²) in [6, 6.07) is 0. The molecule has 0 aliphatic carbocycles. The molecule has 0 nitrogen and oxygen atoms in total. The molecule has 0 spiro atoms. The maximum Gasteiger partial charge on any atom is 0.0779 e. The van der Waals surface area contributed by atoms with Crippen LogP contribution in [0.2, 0.25) is 0 Å². The summed E-state index contributed by atoms with van der Waals surface area (Å²) in [5.74, 6) is 0. The highest BCUT2D eigenvalue weighted by atomic mass is 32.1. The Labute approximate surface area is 49.3 Å². The lowest BCUT2D eigenvalue weighted by atomic mass is 10.4. The zero-order chi connectivity index (χ0) is 4.99. The SMILES string of the molecule is CCCC([S])=S. The van der Waals surface area contributed by atoms with Gasteiger partial charge in [-0.15, -0.1) is 0 Å². The van der Waals surface area contributed by atoms with E-state index in [1.54, 1.807) is 0 Å². The second-order valence-electron chi connectivity index (χ2n) is 1.12. The molecule has 0 aromatic rings. The Kier molecular flexibility index (Phi) is 3.68. The fourth-order valence-corrected chi connectivity index (χ4v) is 0.612. The van der Waals surface area contributed by atoms with Crippen LogP contribution in [0.5, 0.6) is 0 Å². The Morgan fingerprint density at radius 2 is 2.17 bits per heavy atom. The summed E-state index contributed by atoms with van der Waals surface area (Å²) in [5, 5.41) is 0. The lowest BCUT2D eigenvalue weighted by Crippen LogP contribution is -1.75. The summed E-state index contributed by atoms with van der Waals surface area (Å²) in [4.78, 5) is 0. The van der Waals surface area contributed by atoms with E-state index in [4.69, 9.17) is 0 Å². The summed E-state index contributed by atoms with van der Waals surface area (Å²) < 4.78 is 0.706. The highest BCUT2D eigenvalue weighted by molar-refractivity contribution is 8.11. The molecule has 1 radical (unpaired) electrons. The summed E-state index contributed by atoms with van der Waals surface area (Å²) in [7, 11) is 0. The maximum atomic E-state index is 4.61. The number of hydrogen-bond acceptors (Lipinski definition) is 1. The van der Waals surface area contributed by atoms with Crippen LogP contribution in [0.4, 0.5) is 0 Å². The smallest absolute Gasteiger partial charge is 0.0722 e. The van der Waals surface area contributed by atoms with E-state index in [2.05, 4.69) is 31.8 Å². The lowest BCUT2D eigenvalue weighted by molar-refractivity contribution is 1.01. The average Bonchev–Trinajstić information content (AvgIpc) is 1.35. The predicted octanol–water partition coefficient (Wildman–Crippen LogP) is 2.31. The molecule has 0 rings (SSSR count). The van der Waals surface area contributed by atoms with E-state index in [0.717, 1.165) is 12.8 Å². The molecule has 2 heteroatoms. The summed E-state index contributed by atoms with van der Waals surface area (Å²) in [6.07, 6.45) is 2.01. The molecular weight excluding hydrogens is 112 g/mol. The van der Waals surface area contributed by atoms with Crippen molar-refractivity contribution in [1.82, 2.24) is 0 Å². The van der Waals surface area contributed by atoms with Crippen LogP contribution in [0.15, 0.2) is 0 Å². The first-order chi connectivity index (χ1) is 2.77. The summed E-state index contributed by atoms with van der Waals surface area (Å²) in [5.41, 5.74) is 0. The standard InChI is InChI=1S/C4H7S2/c1-2-3-4(5)6/h2-3H2,1H3. The molecule has 0 atom stereocenters. The van der Waals surface area contributed by atoms with E-state index in [0.29, 0.717) is 4.20 Å². The molecule has 0 aliphatic heterocycles. The fourth-order valence-electron chi connectivity index (χ4n) is 0.204. The van der Waals surface area contributed by atoms with Gasteiger partial charge >= 0.3 is 0 Å². The first kappa shape index (κ1) is 6.31.